The maximum absolute atomic E-state index is 13.3. The summed E-state index contributed by atoms with van der Waals surface area (Å²) >= 11 is 9.55. The standard InChI is InChI=1S/C25H35NO2Si.C25H33NO2Si.C17H25NO2Si.C14H13BrO2.C11H13NO2.C11H11NO2.C7H10N2O2.C6H15ClSi.ClH/c2*1-18-13-14-21(19(2)16-18)24(27)22-11-8-12-23(22)26-15-9-10-20(26)17-28-29(6,7)25(3,4)5;1-17(2,3)21(4,5)20-13-15-9-7-11-18(15)16-10-6-8-14(16)12-19;1-16-14-9-12(7-8-13(14)15)17-10-11-5-3-2-4-6-11;2*13-7-9-3-1-5-11(9)12-6-2-4-10(12)8-14;1-2-11-7(10)6-5(8)3-4-9-6;1-6(2,3)8(4,5)7;/h8-10,12-16,24,27H,11,17H2,1-7H3;8-10,12-16H,11,17H2,1-7H3;6-7,9-12H,8,13H2,1-5H3;2-9H,10H2,1H3;1-2,4-6,13-14H,3,7-8H2;1-2,4-7,14H,3,8H2;3-4,9H,2,8H2,1H3;1-5H3;1H. The number of Topliss-reactive ketones (excluding diaryl/α,β-unsaturated/α-hetero) is 1. The molecule has 4 aromatic carbocycles. The lowest BCUT2D eigenvalue weighted by Gasteiger charge is -2.36. The van der Waals surface area contributed by atoms with Crippen LogP contribution in [0.4, 0.5) is 5.69 Å². The van der Waals surface area contributed by atoms with Crippen molar-refractivity contribution in [2.45, 2.75) is 268 Å². The van der Waals surface area contributed by atoms with Gasteiger partial charge in [0, 0.05) is 105 Å². The number of esters is 1. The van der Waals surface area contributed by atoms with Crippen LogP contribution in [0.1, 0.15) is 211 Å². The van der Waals surface area contributed by atoms with Crippen LogP contribution in [0.2, 0.25) is 72.5 Å². The van der Waals surface area contributed by atoms with Gasteiger partial charge in [0.25, 0.3) is 0 Å². The van der Waals surface area contributed by atoms with E-state index < -0.39 is 44.4 Å². The topological polar surface area (TPSA) is 271 Å². The van der Waals surface area contributed by atoms with E-state index in [2.05, 4.69) is 270 Å². The third-order valence-corrected chi connectivity index (χ3v) is 46.9. The molecular weight excluding hydrogens is 1980 g/mol. The normalized spacial score (nSPS) is 14.2. The smallest absolute Gasteiger partial charge is 0.356 e. The molecule has 6 heterocycles. The number of rotatable bonds is 29. The lowest BCUT2D eigenvalue weighted by Crippen LogP contribution is -2.40. The molecule has 776 valence electrons. The van der Waals surface area contributed by atoms with Crippen molar-refractivity contribution in [3.8, 4) is 11.5 Å². The summed E-state index contributed by atoms with van der Waals surface area (Å²) in [6.07, 6.45) is 36.6. The van der Waals surface area contributed by atoms with Gasteiger partial charge >= 0.3 is 5.97 Å². The molecule has 15 rings (SSSR count). The molecule has 144 heavy (non-hydrogen) atoms. The quantitative estimate of drug-likeness (QED) is 0.00836. The summed E-state index contributed by atoms with van der Waals surface area (Å²) < 4.78 is 45.8. The van der Waals surface area contributed by atoms with Crippen LogP contribution in [0.5, 0.6) is 11.5 Å². The number of nitrogen functional groups attached to an aromatic ring is 1. The minimum atomic E-state index is -1.84. The Hall–Kier alpha value is -10.5. The Balaban J connectivity index is 0.000000230. The van der Waals surface area contributed by atoms with E-state index in [9.17, 15) is 24.3 Å². The van der Waals surface area contributed by atoms with Crippen molar-refractivity contribution in [2.24, 2.45) is 0 Å². The van der Waals surface area contributed by atoms with Crippen LogP contribution in [0.15, 0.2) is 282 Å². The number of nitrogens with one attached hydrogen (secondary N) is 1. The minimum Gasteiger partial charge on any atom is -0.495 e. The molecule has 0 bridgehead atoms. The van der Waals surface area contributed by atoms with Gasteiger partial charge in [0.05, 0.1) is 80.6 Å². The van der Waals surface area contributed by atoms with Gasteiger partial charge in [-0.1, -0.05) is 204 Å². The zero-order valence-corrected chi connectivity index (χ0v) is 96.6. The highest BCUT2D eigenvalue weighted by molar-refractivity contribution is 9.10. The summed E-state index contributed by atoms with van der Waals surface area (Å²) in [5.74, 6) is 1.28. The minimum absolute atomic E-state index is 0. The molecule has 0 radical (unpaired) electrons. The van der Waals surface area contributed by atoms with Crippen LogP contribution in [-0.4, -0.2) is 125 Å². The lowest BCUT2D eigenvalue weighted by atomic mass is 9.95. The van der Waals surface area contributed by atoms with Crippen LogP contribution >= 0.6 is 39.4 Å². The average Bonchev–Trinajstić information content (AvgIpc) is 1.58. The van der Waals surface area contributed by atoms with Gasteiger partial charge in [0.1, 0.15) is 42.5 Å². The fourth-order valence-electron chi connectivity index (χ4n) is 14.6. The highest BCUT2D eigenvalue weighted by Gasteiger charge is 2.41. The molecule has 7 N–H and O–H groups in total. The number of aryl methyl sites for hydroxylation is 4. The molecule has 21 nitrogen and oxygen atoms in total. The van der Waals surface area contributed by atoms with Crippen molar-refractivity contribution in [3.05, 3.63) is 355 Å². The van der Waals surface area contributed by atoms with Gasteiger partial charge in [0.2, 0.25) is 0 Å². The van der Waals surface area contributed by atoms with Crippen LogP contribution in [0.3, 0.4) is 0 Å². The number of halogens is 3. The second-order valence-electron chi connectivity index (χ2n) is 42.1. The number of aliphatic hydroxyl groups is 4. The van der Waals surface area contributed by atoms with Gasteiger partial charge < -0.3 is 81.5 Å². The SMILES string of the molecule is CC(C)(C)[Si](C)(C)Cl.CC(C)(C)[Si](C)(C)OCc1cccn1C1=C(C=O)CC=C1.CCOC(=O)c1[nH]ccc1N.COc1cc(OCc2ccccc2)ccc1Br.Cc1ccc(C(=O)C2=C(n3cccc3CO[Si](C)(C)C(C)(C)C)C=CC2)c(C)c1.Cc1ccc(C(O)C2=C(n3cccc3CO[Si](C)(C)C(C)(C)C)C=CC2)c(C)c1.Cl.O=CC1=C(n2cccc2CO)C=CC1.OCC1=C(n2cccc2CO)C=CC1. The second-order valence-corrected chi connectivity index (χ2v) is 64.6. The fourth-order valence-corrected chi connectivity index (χ4v) is 17.9. The number of aromatic amines is 1. The first kappa shape index (κ1) is 120. The van der Waals surface area contributed by atoms with Gasteiger partial charge in [-0.25, -0.2) is 4.79 Å². The predicted molar refractivity (Wildman–Crippen MR) is 608 cm³/mol. The molecule has 5 aliphatic carbocycles. The van der Waals surface area contributed by atoms with Gasteiger partial charge in [0.15, 0.2) is 38.1 Å². The number of aromatic nitrogens is 6. The molecule has 6 aromatic heterocycles. The van der Waals surface area contributed by atoms with Crippen molar-refractivity contribution in [2.75, 3.05) is 26.1 Å². The van der Waals surface area contributed by atoms with Crippen molar-refractivity contribution in [3.63, 3.8) is 0 Å². The molecule has 5 aliphatic rings. The van der Waals surface area contributed by atoms with Gasteiger partial charge in [-0.15, -0.1) is 12.4 Å². The summed E-state index contributed by atoms with van der Waals surface area (Å²) in [4.78, 5) is 48.9. The molecule has 0 saturated carbocycles. The van der Waals surface area contributed by atoms with Gasteiger partial charge in [-0.05, 0) is 285 Å². The number of H-pyrrole nitrogens is 1. The van der Waals surface area contributed by atoms with Gasteiger partial charge in [-0.2, -0.15) is 11.1 Å². The molecule has 1 atom stereocenters. The average molecular weight is 2140 g/mol. The number of carbonyl (C=O) groups is 4. The number of carbonyl (C=O) groups excluding carboxylic acids is 4. The van der Waals surface area contributed by atoms with E-state index in [0.29, 0.717) is 62.3 Å². The number of aldehydes is 2. The summed E-state index contributed by atoms with van der Waals surface area (Å²) in [5.41, 5.74) is 28.0. The number of nitrogens with two attached hydrogens (primary N) is 1. The predicted octanol–water partition coefficient (Wildman–Crippen LogP) is 28.5. The lowest BCUT2D eigenvalue weighted by molar-refractivity contribution is -0.105. The number of anilines is 1. The van der Waals surface area contributed by atoms with E-state index in [1.54, 1.807) is 26.3 Å². The molecule has 0 fully saturated rings. The highest BCUT2D eigenvalue weighted by Crippen LogP contribution is 2.44. The van der Waals surface area contributed by atoms with Crippen LogP contribution < -0.4 is 15.2 Å². The van der Waals surface area contributed by atoms with E-state index in [1.165, 1.54) is 11.1 Å². The van der Waals surface area contributed by atoms with E-state index in [-0.39, 0.29) is 53.1 Å². The number of nitrogens with zero attached hydrogens (tertiary/aromatic N) is 5. The van der Waals surface area contributed by atoms with Crippen molar-refractivity contribution in [1.29, 1.82) is 0 Å². The Morgan fingerprint density at radius 1 is 0.493 bits per heavy atom. The molecular formula is C116H156BrCl2N7O14Si4. The maximum Gasteiger partial charge on any atom is 0.356 e. The number of ketones is 1. The highest BCUT2D eigenvalue weighted by atomic mass is 79.9. The number of benzene rings is 4. The molecule has 1 unspecified atom stereocenters. The van der Waals surface area contributed by atoms with E-state index >= 15 is 0 Å². The van der Waals surface area contributed by atoms with E-state index in [0.717, 1.165) is 160 Å². The third-order valence-electron chi connectivity index (χ3n) is 27.5. The first-order chi connectivity index (χ1) is 67.3. The van der Waals surface area contributed by atoms with Crippen molar-refractivity contribution < 1.29 is 67.1 Å². The Bertz CT molecular complexity index is 6270. The number of ether oxygens (including phenoxy) is 3. The number of hydrogen-bond donors (Lipinski definition) is 6. The van der Waals surface area contributed by atoms with Gasteiger partial charge in [-0.3, -0.25) is 14.4 Å². The van der Waals surface area contributed by atoms with Crippen LogP contribution in [0.25, 0.3) is 28.5 Å². The Morgan fingerprint density at radius 2 is 0.910 bits per heavy atom. The number of aliphatic hydroxyl groups excluding tert-OH is 4. The Kier molecular flexibility index (Phi) is 45.4. The summed E-state index contributed by atoms with van der Waals surface area (Å²) in [5, 5.41) is 39.4. The summed E-state index contributed by atoms with van der Waals surface area (Å²) in [6, 6.07) is 49.5. The molecule has 0 spiro atoms. The first-order valence-electron chi connectivity index (χ1n) is 48.9. The summed E-state index contributed by atoms with van der Waals surface area (Å²) in [7, 11) is -5.18. The molecule has 0 amide bonds. The van der Waals surface area contributed by atoms with E-state index in [1.807, 2.05) is 174 Å². The maximum atomic E-state index is 13.3. The van der Waals surface area contributed by atoms with Crippen LogP contribution in [-0.2, 0) is 67.2 Å². The molecule has 0 saturated heterocycles. The second kappa shape index (κ2) is 54.2. The zero-order chi connectivity index (χ0) is 106. The third kappa shape index (κ3) is 33.0. The van der Waals surface area contributed by atoms with Crippen LogP contribution in [0, 0.1) is 27.7 Å². The van der Waals surface area contributed by atoms with Crippen molar-refractivity contribution >= 4 is 130 Å². The Labute approximate surface area is 879 Å². The number of allylic oxidation sites excluding steroid dienone is 18. The first-order valence-corrected chi connectivity index (χ1v) is 62.5. The summed E-state index contributed by atoms with van der Waals surface area (Å²) in [6.45, 7) is 57.5. The molecule has 10 aromatic rings. The monoisotopic (exact) mass is 2130 g/mol. The Morgan fingerprint density at radius 3 is 1.34 bits per heavy atom. The fraction of sp³-hybridized carbons (Fsp3) is 0.379. The number of methoxy groups -OCH3 is 1. The van der Waals surface area contributed by atoms with E-state index in [4.69, 9.17) is 59.6 Å². The largest absolute Gasteiger partial charge is 0.495 e. The zero-order valence-electron chi connectivity index (χ0n) is 89.4. The molecule has 0 aliphatic heterocycles. The number of hydrogen-bond acceptors (Lipinski definition) is 15. The van der Waals surface area contributed by atoms with Crippen molar-refractivity contribution in [1.82, 2.24) is 27.8 Å². The molecule has 28 heteroatoms.